The SMILES string of the molecule is CCCC[NH+]1CCC[C@@H]1C(=O)NCc1ccc(OC)c(OC)c1. The number of rotatable bonds is 8. The molecule has 1 aliphatic rings. The van der Waals surface area contributed by atoms with E-state index in [4.69, 9.17) is 9.47 Å². The number of hydrogen-bond acceptors (Lipinski definition) is 3. The first-order valence-electron chi connectivity index (χ1n) is 8.52. The number of hydrogen-bond donors (Lipinski definition) is 2. The number of carbonyl (C=O) groups is 1. The smallest absolute Gasteiger partial charge is 0.278 e. The molecule has 5 nitrogen and oxygen atoms in total. The molecule has 0 radical (unpaired) electrons. The van der Waals surface area contributed by atoms with Crippen LogP contribution in [-0.2, 0) is 11.3 Å². The normalized spacial score (nSPS) is 20.3. The van der Waals surface area contributed by atoms with Crippen molar-refractivity contribution >= 4 is 5.91 Å². The van der Waals surface area contributed by atoms with Crippen LogP contribution in [0.25, 0.3) is 0 Å². The van der Waals surface area contributed by atoms with Crippen LogP contribution < -0.4 is 19.7 Å². The van der Waals surface area contributed by atoms with Gasteiger partial charge in [0.25, 0.3) is 5.91 Å². The van der Waals surface area contributed by atoms with Gasteiger partial charge in [0.05, 0.1) is 27.3 Å². The highest BCUT2D eigenvalue weighted by atomic mass is 16.5. The summed E-state index contributed by atoms with van der Waals surface area (Å²) in [6.07, 6.45) is 4.52. The largest absolute Gasteiger partial charge is 0.493 e. The van der Waals surface area contributed by atoms with Gasteiger partial charge in [-0.05, 0) is 24.1 Å². The molecule has 2 atom stereocenters. The molecular formula is C18H29N2O3+. The molecule has 128 valence electrons. The van der Waals surface area contributed by atoms with Crippen molar-refractivity contribution in [3.8, 4) is 11.5 Å². The van der Waals surface area contributed by atoms with Crippen LogP contribution in [0.1, 0.15) is 38.2 Å². The number of carbonyl (C=O) groups excluding carboxylic acids is 1. The van der Waals surface area contributed by atoms with E-state index in [9.17, 15) is 4.79 Å². The zero-order valence-corrected chi connectivity index (χ0v) is 14.5. The Morgan fingerprint density at radius 2 is 2.09 bits per heavy atom. The molecule has 23 heavy (non-hydrogen) atoms. The van der Waals surface area contributed by atoms with E-state index in [1.54, 1.807) is 14.2 Å². The van der Waals surface area contributed by atoms with E-state index in [1.807, 2.05) is 18.2 Å². The van der Waals surface area contributed by atoms with E-state index in [2.05, 4.69) is 12.2 Å². The highest BCUT2D eigenvalue weighted by molar-refractivity contribution is 5.80. The average Bonchev–Trinajstić information content (AvgIpc) is 3.06. The number of nitrogens with one attached hydrogen (secondary N) is 2. The molecule has 1 aromatic carbocycles. The molecule has 1 aromatic rings. The number of methoxy groups -OCH3 is 2. The zero-order chi connectivity index (χ0) is 16.7. The molecule has 1 unspecified atom stereocenters. The third-order valence-corrected chi connectivity index (χ3v) is 4.57. The van der Waals surface area contributed by atoms with Crippen molar-refractivity contribution in [3.63, 3.8) is 0 Å². The van der Waals surface area contributed by atoms with Gasteiger partial charge in [-0.1, -0.05) is 19.4 Å². The molecule has 2 N–H and O–H groups in total. The second kappa shape index (κ2) is 8.77. The van der Waals surface area contributed by atoms with Gasteiger partial charge in [0, 0.05) is 19.4 Å². The molecule has 2 rings (SSSR count). The molecule has 0 aliphatic carbocycles. The number of benzene rings is 1. The lowest BCUT2D eigenvalue weighted by atomic mass is 10.1. The van der Waals surface area contributed by atoms with Gasteiger partial charge in [-0.2, -0.15) is 0 Å². The molecule has 1 heterocycles. The monoisotopic (exact) mass is 321 g/mol. The zero-order valence-electron chi connectivity index (χ0n) is 14.5. The van der Waals surface area contributed by atoms with E-state index in [-0.39, 0.29) is 11.9 Å². The van der Waals surface area contributed by atoms with Crippen molar-refractivity contribution < 1.29 is 19.2 Å². The van der Waals surface area contributed by atoms with Crippen LogP contribution in [0.15, 0.2) is 18.2 Å². The maximum Gasteiger partial charge on any atom is 0.278 e. The summed E-state index contributed by atoms with van der Waals surface area (Å²) in [7, 11) is 3.24. The molecule has 0 bridgehead atoms. The third kappa shape index (κ3) is 4.61. The van der Waals surface area contributed by atoms with Crippen LogP contribution in [-0.4, -0.2) is 39.3 Å². The van der Waals surface area contributed by atoms with Crippen molar-refractivity contribution in [1.82, 2.24) is 5.32 Å². The third-order valence-electron chi connectivity index (χ3n) is 4.57. The molecule has 1 fully saturated rings. The number of amides is 1. The first-order valence-corrected chi connectivity index (χ1v) is 8.52. The molecule has 1 amide bonds. The number of unbranched alkanes of at least 4 members (excludes halogenated alkanes) is 1. The first-order chi connectivity index (χ1) is 11.2. The van der Waals surface area contributed by atoms with Gasteiger partial charge in [0.2, 0.25) is 0 Å². The Bertz CT molecular complexity index is 519. The summed E-state index contributed by atoms with van der Waals surface area (Å²) in [6.45, 7) is 4.94. The van der Waals surface area contributed by atoms with Gasteiger partial charge in [0.15, 0.2) is 17.5 Å². The summed E-state index contributed by atoms with van der Waals surface area (Å²) >= 11 is 0. The summed E-state index contributed by atoms with van der Waals surface area (Å²) in [5.41, 5.74) is 1.02. The summed E-state index contributed by atoms with van der Waals surface area (Å²) in [5.74, 6) is 1.56. The van der Waals surface area contributed by atoms with Crippen LogP contribution in [0.5, 0.6) is 11.5 Å². The quantitative estimate of drug-likeness (QED) is 0.756. The minimum atomic E-state index is 0.113. The summed E-state index contributed by atoms with van der Waals surface area (Å²) in [6, 6.07) is 5.85. The van der Waals surface area contributed by atoms with Gasteiger partial charge >= 0.3 is 0 Å². The van der Waals surface area contributed by atoms with Crippen molar-refractivity contribution in [1.29, 1.82) is 0 Å². The number of ether oxygens (including phenoxy) is 2. The highest BCUT2D eigenvalue weighted by Crippen LogP contribution is 2.27. The minimum Gasteiger partial charge on any atom is -0.493 e. The van der Waals surface area contributed by atoms with Crippen LogP contribution in [0.3, 0.4) is 0 Å². The van der Waals surface area contributed by atoms with E-state index in [0.717, 1.165) is 31.5 Å². The Kier molecular flexibility index (Phi) is 6.71. The van der Waals surface area contributed by atoms with E-state index in [0.29, 0.717) is 18.0 Å². The van der Waals surface area contributed by atoms with Gasteiger partial charge in [-0.3, -0.25) is 4.79 Å². The van der Waals surface area contributed by atoms with Crippen LogP contribution in [0.2, 0.25) is 0 Å². The van der Waals surface area contributed by atoms with Crippen molar-refractivity contribution in [2.45, 2.75) is 45.2 Å². The fraction of sp³-hybridized carbons (Fsp3) is 0.611. The maximum atomic E-state index is 12.5. The number of likely N-dealkylation sites (tertiary alicyclic amines) is 1. The van der Waals surface area contributed by atoms with Gasteiger partial charge < -0.3 is 19.7 Å². The lowest BCUT2D eigenvalue weighted by molar-refractivity contribution is -0.903. The lowest BCUT2D eigenvalue weighted by Gasteiger charge is -2.20. The topological polar surface area (TPSA) is 52.0 Å². The van der Waals surface area contributed by atoms with Gasteiger partial charge in [-0.15, -0.1) is 0 Å². The van der Waals surface area contributed by atoms with Gasteiger partial charge in [-0.25, -0.2) is 0 Å². The molecule has 0 saturated carbocycles. The van der Waals surface area contributed by atoms with Crippen LogP contribution in [0.4, 0.5) is 0 Å². The van der Waals surface area contributed by atoms with E-state index in [1.165, 1.54) is 17.7 Å². The fourth-order valence-corrected chi connectivity index (χ4v) is 3.23. The molecule has 1 aliphatic heterocycles. The van der Waals surface area contributed by atoms with Crippen LogP contribution in [0, 0.1) is 0 Å². The average molecular weight is 321 g/mol. The summed E-state index contributed by atoms with van der Waals surface area (Å²) in [4.78, 5) is 13.9. The fourth-order valence-electron chi connectivity index (χ4n) is 3.23. The van der Waals surface area contributed by atoms with E-state index < -0.39 is 0 Å². The van der Waals surface area contributed by atoms with Crippen molar-refractivity contribution in [2.75, 3.05) is 27.3 Å². The minimum absolute atomic E-state index is 0.113. The first kappa shape index (κ1) is 17.6. The molecule has 5 heteroatoms. The Labute approximate surface area is 139 Å². The lowest BCUT2D eigenvalue weighted by Crippen LogP contribution is -3.15. The predicted molar refractivity (Wildman–Crippen MR) is 90.0 cm³/mol. The molecule has 1 saturated heterocycles. The second-order valence-electron chi connectivity index (χ2n) is 6.11. The standard InChI is InChI=1S/C18H28N2O3/c1-4-5-10-20-11-6-7-15(20)18(21)19-13-14-8-9-16(22-2)17(12-14)23-3/h8-9,12,15H,4-7,10-11,13H2,1-3H3,(H,19,21)/p+1/t15-/m1/s1. The Balaban J connectivity index is 1.91. The van der Waals surface area contributed by atoms with Crippen LogP contribution >= 0.6 is 0 Å². The molecule has 0 spiro atoms. The Morgan fingerprint density at radius 1 is 1.30 bits per heavy atom. The van der Waals surface area contributed by atoms with Crippen molar-refractivity contribution in [2.24, 2.45) is 0 Å². The number of quaternary nitrogens is 1. The van der Waals surface area contributed by atoms with Gasteiger partial charge in [0.1, 0.15) is 0 Å². The predicted octanol–water partition coefficient (Wildman–Crippen LogP) is 1.17. The van der Waals surface area contributed by atoms with E-state index >= 15 is 0 Å². The highest BCUT2D eigenvalue weighted by Gasteiger charge is 2.33. The summed E-state index contributed by atoms with van der Waals surface area (Å²) in [5, 5.41) is 3.08. The summed E-state index contributed by atoms with van der Waals surface area (Å²) < 4.78 is 10.5. The molecule has 0 aromatic heterocycles. The molecular weight excluding hydrogens is 292 g/mol. The second-order valence-corrected chi connectivity index (χ2v) is 6.11. The van der Waals surface area contributed by atoms with Crippen molar-refractivity contribution in [3.05, 3.63) is 23.8 Å². The Morgan fingerprint density at radius 3 is 2.78 bits per heavy atom. The maximum absolute atomic E-state index is 12.5. The Hall–Kier alpha value is -1.75.